The molecular weight excluding hydrogens is 180 g/mol. The summed E-state index contributed by atoms with van der Waals surface area (Å²) in [4.78, 5) is 0. The standard InChI is InChI=1S/C8H8BF3O/c9-5-6-2-1-3-7(4-6)13-8(10,11)12/h1-4H,5,9H2. The first-order chi connectivity index (χ1) is 6.01. The molecule has 13 heavy (non-hydrogen) atoms. The fourth-order valence-electron chi connectivity index (χ4n) is 0.963. The summed E-state index contributed by atoms with van der Waals surface area (Å²) in [6.07, 6.45) is -3.92. The van der Waals surface area contributed by atoms with Crippen molar-refractivity contribution in [1.82, 2.24) is 0 Å². The molecule has 70 valence electrons. The molecule has 0 heterocycles. The zero-order valence-corrected chi connectivity index (χ0v) is 7.06. The van der Waals surface area contributed by atoms with Crippen molar-refractivity contribution in [2.75, 3.05) is 0 Å². The van der Waals surface area contributed by atoms with E-state index in [9.17, 15) is 13.2 Å². The maximum Gasteiger partial charge on any atom is 0.573 e. The molecule has 0 radical (unpaired) electrons. The van der Waals surface area contributed by atoms with Gasteiger partial charge in [0.2, 0.25) is 0 Å². The van der Waals surface area contributed by atoms with E-state index in [0.29, 0.717) is 6.32 Å². The van der Waals surface area contributed by atoms with E-state index >= 15 is 0 Å². The van der Waals surface area contributed by atoms with E-state index in [2.05, 4.69) is 4.74 Å². The maximum atomic E-state index is 11.8. The van der Waals surface area contributed by atoms with Gasteiger partial charge >= 0.3 is 6.36 Å². The van der Waals surface area contributed by atoms with Crippen LogP contribution in [0, 0.1) is 0 Å². The number of hydrogen-bond donors (Lipinski definition) is 0. The van der Waals surface area contributed by atoms with Crippen LogP contribution in [0.2, 0.25) is 0 Å². The average molecular weight is 188 g/mol. The van der Waals surface area contributed by atoms with Gasteiger partial charge in [0.05, 0.1) is 0 Å². The molecule has 0 aliphatic carbocycles. The van der Waals surface area contributed by atoms with Gasteiger partial charge in [0.25, 0.3) is 0 Å². The van der Waals surface area contributed by atoms with Gasteiger partial charge in [-0.05, 0) is 12.1 Å². The number of hydrogen-bond acceptors (Lipinski definition) is 1. The van der Waals surface area contributed by atoms with Crippen molar-refractivity contribution in [1.29, 1.82) is 0 Å². The Hall–Kier alpha value is -1.13. The van der Waals surface area contributed by atoms with Gasteiger partial charge in [-0.3, -0.25) is 0 Å². The normalized spacial score (nSPS) is 11.3. The van der Waals surface area contributed by atoms with Crippen LogP contribution >= 0.6 is 0 Å². The van der Waals surface area contributed by atoms with Crippen LogP contribution in [0.25, 0.3) is 0 Å². The summed E-state index contributed by atoms with van der Waals surface area (Å²) < 4.78 is 39.0. The highest BCUT2D eigenvalue weighted by atomic mass is 19.4. The van der Waals surface area contributed by atoms with Crippen molar-refractivity contribution in [3.8, 4) is 5.75 Å². The molecule has 1 nitrogen and oxygen atoms in total. The summed E-state index contributed by atoms with van der Waals surface area (Å²) in [6, 6.07) is 5.96. The second-order valence-corrected chi connectivity index (χ2v) is 2.55. The first-order valence-electron chi connectivity index (χ1n) is 3.86. The molecule has 0 N–H and O–H groups in total. The number of alkyl halides is 3. The smallest absolute Gasteiger partial charge is 0.406 e. The maximum absolute atomic E-state index is 11.8. The molecule has 0 fully saturated rings. The zero-order valence-electron chi connectivity index (χ0n) is 7.06. The second kappa shape index (κ2) is 3.72. The molecule has 0 aliphatic heterocycles. The van der Waals surface area contributed by atoms with Crippen molar-refractivity contribution >= 4 is 7.85 Å². The van der Waals surface area contributed by atoms with Gasteiger partial charge in [-0.1, -0.05) is 24.0 Å². The molecule has 0 bridgehead atoms. The van der Waals surface area contributed by atoms with E-state index in [4.69, 9.17) is 0 Å². The number of ether oxygens (including phenoxy) is 1. The predicted octanol–water partition coefficient (Wildman–Crippen LogP) is 1.72. The summed E-state index contributed by atoms with van der Waals surface area (Å²) >= 11 is 0. The fourth-order valence-corrected chi connectivity index (χ4v) is 0.963. The fraction of sp³-hybridized carbons (Fsp3) is 0.250. The van der Waals surface area contributed by atoms with Crippen LogP contribution in [0.4, 0.5) is 13.2 Å². The minimum absolute atomic E-state index is 0.160. The molecule has 0 unspecified atom stereocenters. The van der Waals surface area contributed by atoms with Crippen LogP contribution < -0.4 is 4.74 Å². The van der Waals surface area contributed by atoms with Gasteiger partial charge in [-0.25, -0.2) is 0 Å². The predicted molar refractivity (Wildman–Crippen MR) is 45.4 cm³/mol. The molecule has 1 aromatic rings. The highest BCUT2D eigenvalue weighted by Gasteiger charge is 2.30. The molecule has 1 aromatic carbocycles. The largest absolute Gasteiger partial charge is 0.573 e. The molecular formula is C8H8BF3O. The van der Waals surface area contributed by atoms with Crippen LogP contribution in [0.5, 0.6) is 5.75 Å². The SMILES string of the molecule is BCc1cccc(OC(F)(F)F)c1. The summed E-state index contributed by atoms with van der Waals surface area (Å²) in [5.41, 5.74) is 0.821. The Morgan fingerprint density at radius 3 is 2.54 bits per heavy atom. The van der Waals surface area contributed by atoms with E-state index in [1.165, 1.54) is 12.1 Å². The Balaban J connectivity index is 2.78. The highest BCUT2D eigenvalue weighted by molar-refractivity contribution is 6.08. The van der Waals surface area contributed by atoms with Crippen molar-refractivity contribution in [3.63, 3.8) is 0 Å². The zero-order chi connectivity index (χ0) is 9.90. The van der Waals surface area contributed by atoms with Gasteiger partial charge in [0.1, 0.15) is 13.6 Å². The number of rotatable bonds is 2. The Morgan fingerprint density at radius 1 is 1.31 bits per heavy atom. The number of halogens is 3. The first-order valence-corrected chi connectivity index (χ1v) is 3.86. The number of benzene rings is 1. The summed E-state index contributed by atoms with van der Waals surface area (Å²) in [5.74, 6) is -0.160. The van der Waals surface area contributed by atoms with Crippen LogP contribution in [-0.2, 0) is 6.32 Å². The highest BCUT2D eigenvalue weighted by Crippen LogP contribution is 2.23. The second-order valence-electron chi connectivity index (χ2n) is 2.55. The minimum atomic E-state index is -4.60. The lowest BCUT2D eigenvalue weighted by atomic mass is 9.97. The van der Waals surface area contributed by atoms with Crippen LogP contribution in [0.1, 0.15) is 5.56 Å². The quantitative estimate of drug-likeness (QED) is 0.642. The van der Waals surface area contributed by atoms with Gasteiger partial charge in [-0.2, -0.15) is 0 Å². The minimum Gasteiger partial charge on any atom is -0.406 e. The molecule has 0 saturated carbocycles. The Kier molecular flexibility index (Phi) is 2.85. The average Bonchev–Trinajstić information content (AvgIpc) is 2.01. The van der Waals surface area contributed by atoms with E-state index < -0.39 is 6.36 Å². The van der Waals surface area contributed by atoms with Crippen molar-refractivity contribution in [3.05, 3.63) is 29.8 Å². The summed E-state index contributed by atoms with van der Waals surface area (Å²) in [6.45, 7) is 0. The molecule has 0 aliphatic rings. The third-order valence-electron chi connectivity index (χ3n) is 1.54. The van der Waals surface area contributed by atoms with Crippen molar-refractivity contribution in [2.24, 2.45) is 0 Å². The molecule has 0 amide bonds. The van der Waals surface area contributed by atoms with Crippen LogP contribution in [0.15, 0.2) is 24.3 Å². The van der Waals surface area contributed by atoms with E-state index in [-0.39, 0.29) is 5.75 Å². The van der Waals surface area contributed by atoms with E-state index in [1.54, 1.807) is 12.1 Å². The summed E-state index contributed by atoms with van der Waals surface area (Å²) in [7, 11) is 1.87. The molecule has 0 saturated heterocycles. The Morgan fingerprint density at radius 2 is 2.00 bits per heavy atom. The van der Waals surface area contributed by atoms with Gasteiger partial charge < -0.3 is 4.74 Å². The lowest BCUT2D eigenvalue weighted by Gasteiger charge is -2.09. The molecule has 0 spiro atoms. The Labute approximate surface area is 74.9 Å². The van der Waals surface area contributed by atoms with E-state index in [0.717, 1.165) is 5.56 Å². The lowest BCUT2D eigenvalue weighted by Crippen LogP contribution is -2.17. The van der Waals surface area contributed by atoms with Crippen molar-refractivity contribution in [2.45, 2.75) is 12.7 Å². The third kappa shape index (κ3) is 3.40. The first kappa shape index (κ1) is 9.96. The molecule has 1 rings (SSSR count). The van der Waals surface area contributed by atoms with Crippen molar-refractivity contribution < 1.29 is 17.9 Å². The molecule has 0 atom stereocenters. The van der Waals surface area contributed by atoms with E-state index in [1.807, 2.05) is 7.85 Å². The van der Waals surface area contributed by atoms with Gasteiger partial charge in [-0.15, -0.1) is 13.2 Å². The topological polar surface area (TPSA) is 9.23 Å². The summed E-state index contributed by atoms with van der Waals surface area (Å²) in [5, 5.41) is 0. The molecule has 5 heteroatoms. The monoisotopic (exact) mass is 188 g/mol. The third-order valence-corrected chi connectivity index (χ3v) is 1.54. The van der Waals surface area contributed by atoms with Gasteiger partial charge in [0, 0.05) is 0 Å². The Bertz CT molecular complexity index is 285. The van der Waals surface area contributed by atoms with Crippen LogP contribution in [-0.4, -0.2) is 14.2 Å². The van der Waals surface area contributed by atoms with Gasteiger partial charge in [0.15, 0.2) is 0 Å². The lowest BCUT2D eigenvalue weighted by molar-refractivity contribution is -0.274. The van der Waals surface area contributed by atoms with Crippen LogP contribution in [0.3, 0.4) is 0 Å². The molecule has 0 aromatic heterocycles.